The molecule has 0 spiro atoms. The average molecular weight is 355 g/mol. The zero-order valence-corrected chi connectivity index (χ0v) is 15.3. The van der Waals surface area contributed by atoms with Gasteiger partial charge in [-0.1, -0.05) is 0 Å². The van der Waals surface area contributed by atoms with Gasteiger partial charge in [0.15, 0.2) is 0 Å². The summed E-state index contributed by atoms with van der Waals surface area (Å²) in [7, 11) is 2.12. The Balaban J connectivity index is 1.53. The van der Waals surface area contributed by atoms with Gasteiger partial charge < -0.3 is 9.80 Å². The lowest BCUT2D eigenvalue weighted by atomic mass is 10.1. The molecular weight excluding hydrogens is 334 g/mol. The molecule has 2 aromatic heterocycles. The number of rotatable bonds is 5. The van der Waals surface area contributed by atoms with Crippen molar-refractivity contribution in [1.82, 2.24) is 19.8 Å². The van der Waals surface area contributed by atoms with E-state index in [1.54, 1.807) is 23.5 Å². The lowest BCUT2D eigenvalue weighted by Gasteiger charge is -2.21. The number of likely N-dealkylation sites (tertiary alicyclic amines) is 1. The summed E-state index contributed by atoms with van der Waals surface area (Å²) < 4.78 is 0. The highest BCUT2D eigenvalue weighted by atomic mass is 32.1. The number of thiazole rings is 1. The second-order valence-corrected chi connectivity index (χ2v) is 7.45. The average Bonchev–Trinajstić information content (AvgIpc) is 3.24. The van der Waals surface area contributed by atoms with Gasteiger partial charge in [0.25, 0.3) is 5.91 Å². The van der Waals surface area contributed by atoms with Gasteiger partial charge in [-0.2, -0.15) is 5.26 Å². The molecule has 1 atom stereocenters. The van der Waals surface area contributed by atoms with E-state index >= 15 is 0 Å². The number of carbonyl (C=O) groups excluding carboxylic acids is 1. The van der Waals surface area contributed by atoms with Crippen LogP contribution in [0.1, 0.15) is 33.0 Å². The minimum Gasteiger partial charge on any atom is -0.337 e. The summed E-state index contributed by atoms with van der Waals surface area (Å²) in [5.74, 6) is 0.425. The molecule has 3 rings (SSSR count). The Kier molecular flexibility index (Phi) is 5.41. The molecule has 0 N–H and O–H groups in total. The third-order valence-electron chi connectivity index (χ3n) is 4.51. The van der Waals surface area contributed by atoms with Gasteiger partial charge in [0.2, 0.25) is 0 Å². The van der Waals surface area contributed by atoms with E-state index in [0.717, 1.165) is 38.3 Å². The number of amides is 1. The predicted molar refractivity (Wildman–Crippen MR) is 96.1 cm³/mol. The van der Waals surface area contributed by atoms with Crippen molar-refractivity contribution >= 4 is 17.2 Å². The molecule has 0 aromatic carbocycles. The predicted octanol–water partition coefficient (Wildman–Crippen LogP) is 2.31. The van der Waals surface area contributed by atoms with Gasteiger partial charge in [0.1, 0.15) is 11.8 Å². The van der Waals surface area contributed by atoms with Crippen LogP contribution in [-0.2, 0) is 6.54 Å². The molecule has 6 nitrogen and oxygen atoms in total. The van der Waals surface area contributed by atoms with Crippen LogP contribution in [0.5, 0.6) is 0 Å². The van der Waals surface area contributed by atoms with E-state index in [4.69, 9.17) is 5.26 Å². The highest BCUT2D eigenvalue weighted by Gasteiger charge is 2.28. The maximum Gasteiger partial charge on any atom is 0.272 e. The van der Waals surface area contributed by atoms with Crippen molar-refractivity contribution in [1.29, 1.82) is 5.26 Å². The highest BCUT2D eigenvalue weighted by Crippen LogP contribution is 2.21. The molecule has 1 aliphatic heterocycles. The minimum absolute atomic E-state index is 0.0482. The van der Waals surface area contributed by atoms with E-state index in [1.807, 2.05) is 23.4 Å². The molecule has 1 amide bonds. The Morgan fingerprint density at radius 1 is 1.48 bits per heavy atom. The molecule has 0 unspecified atom stereocenters. The number of nitrogens with zero attached hydrogens (tertiary/aromatic N) is 5. The van der Waals surface area contributed by atoms with E-state index < -0.39 is 0 Å². The zero-order chi connectivity index (χ0) is 17.8. The quantitative estimate of drug-likeness (QED) is 0.823. The first-order valence-corrected chi connectivity index (χ1v) is 9.17. The molecule has 3 heterocycles. The Bertz CT molecular complexity index is 780. The third-order valence-corrected chi connectivity index (χ3v) is 5.43. The number of aryl methyl sites for hydroxylation is 1. The van der Waals surface area contributed by atoms with E-state index in [-0.39, 0.29) is 5.91 Å². The minimum atomic E-state index is -0.0482. The first kappa shape index (κ1) is 17.5. The van der Waals surface area contributed by atoms with Crippen molar-refractivity contribution in [2.45, 2.75) is 19.9 Å². The van der Waals surface area contributed by atoms with Crippen molar-refractivity contribution < 1.29 is 4.79 Å². The number of pyridine rings is 1. The largest absolute Gasteiger partial charge is 0.337 e. The maximum absolute atomic E-state index is 12.5. The molecule has 7 heteroatoms. The summed E-state index contributed by atoms with van der Waals surface area (Å²) in [5.41, 5.74) is 3.87. The van der Waals surface area contributed by atoms with Crippen molar-refractivity contribution in [3.05, 3.63) is 45.7 Å². The fraction of sp³-hybridized carbons (Fsp3) is 0.444. The molecular formula is C18H21N5OS. The molecule has 25 heavy (non-hydrogen) atoms. The smallest absolute Gasteiger partial charge is 0.272 e. The van der Waals surface area contributed by atoms with Gasteiger partial charge in [-0.3, -0.25) is 4.79 Å². The van der Waals surface area contributed by atoms with Crippen LogP contribution in [0.25, 0.3) is 0 Å². The monoisotopic (exact) mass is 355 g/mol. The molecule has 1 aliphatic rings. The molecule has 1 fully saturated rings. The Morgan fingerprint density at radius 3 is 2.96 bits per heavy atom. The topological polar surface area (TPSA) is 73.1 Å². The van der Waals surface area contributed by atoms with Crippen molar-refractivity contribution in [2.24, 2.45) is 5.92 Å². The van der Waals surface area contributed by atoms with Crippen LogP contribution in [0, 0.1) is 24.2 Å². The maximum atomic E-state index is 12.5. The first-order valence-electron chi connectivity index (χ1n) is 8.29. The molecule has 0 saturated carbocycles. The van der Waals surface area contributed by atoms with Gasteiger partial charge in [0.05, 0.1) is 16.8 Å². The Labute approximate surface area is 151 Å². The van der Waals surface area contributed by atoms with Gasteiger partial charge in [-0.25, -0.2) is 9.97 Å². The second-order valence-electron chi connectivity index (χ2n) is 6.51. The number of hydrogen-bond donors (Lipinski definition) is 0. The van der Waals surface area contributed by atoms with E-state index in [0.29, 0.717) is 17.2 Å². The van der Waals surface area contributed by atoms with Crippen molar-refractivity contribution in [2.75, 3.05) is 26.7 Å². The molecule has 130 valence electrons. The fourth-order valence-corrected chi connectivity index (χ4v) is 4.00. The fourth-order valence-electron chi connectivity index (χ4n) is 3.14. The van der Waals surface area contributed by atoms with Gasteiger partial charge in [-0.05, 0) is 38.4 Å². The van der Waals surface area contributed by atoms with Crippen molar-refractivity contribution in [3.8, 4) is 6.07 Å². The number of aromatic nitrogens is 2. The van der Waals surface area contributed by atoms with Gasteiger partial charge in [-0.15, -0.1) is 11.3 Å². The summed E-state index contributed by atoms with van der Waals surface area (Å²) in [4.78, 5) is 26.4. The Morgan fingerprint density at radius 2 is 2.32 bits per heavy atom. The summed E-state index contributed by atoms with van der Waals surface area (Å²) in [6, 6.07) is 5.29. The van der Waals surface area contributed by atoms with Crippen LogP contribution in [0.15, 0.2) is 23.8 Å². The van der Waals surface area contributed by atoms with Crippen LogP contribution >= 0.6 is 11.3 Å². The van der Waals surface area contributed by atoms with Gasteiger partial charge >= 0.3 is 0 Å². The molecule has 0 aliphatic carbocycles. The summed E-state index contributed by atoms with van der Waals surface area (Å²) in [6.45, 7) is 5.42. The van der Waals surface area contributed by atoms with Crippen molar-refractivity contribution in [3.63, 3.8) is 0 Å². The normalized spacial score (nSPS) is 17.0. The number of carbonyl (C=O) groups is 1. The summed E-state index contributed by atoms with van der Waals surface area (Å²) in [5, 5.41) is 8.81. The van der Waals surface area contributed by atoms with Crippen LogP contribution in [0.2, 0.25) is 0 Å². The zero-order valence-electron chi connectivity index (χ0n) is 14.5. The Hall–Kier alpha value is -2.30. The number of hydrogen-bond acceptors (Lipinski definition) is 6. The summed E-state index contributed by atoms with van der Waals surface area (Å²) in [6.07, 6.45) is 2.46. The lowest BCUT2D eigenvalue weighted by Crippen LogP contribution is -2.32. The molecule has 0 radical (unpaired) electrons. The van der Waals surface area contributed by atoms with Crippen LogP contribution in [0.4, 0.5) is 0 Å². The second kappa shape index (κ2) is 7.72. The van der Waals surface area contributed by atoms with Crippen LogP contribution < -0.4 is 0 Å². The first-order chi connectivity index (χ1) is 12.1. The van der Waals surface area contributed by atoms with Crippen LogP contribution in [0.3, 0.4) is 0 Å². The third kappa shape index (κ3) is 4.21. The standard InChI is InChI=1S/C18H21N5OS/c1-13-17(25-12-21-13)11-22(2)9-15-5-6-23(10-15)18(24)16-4-3-14(7-19)8-20-16/h3-4,8,12,15H,5-6,9-11H2,1-2H3/t15-/m0/s1. The van der Waals surface area contributed by atoms with E-state index in [2.05, 4.69) is 21.9 Å². The molecule has 1 saturated heterocycles. The van der Waals surface area contributed by atoms with Gasteiger partial charge in [0, 0.05) is 37.3 Å². The van der Waals surface area contributed by atoms with Crippen LogP contribution in [-0.4, -0.2) is 52.4 Å². The lowest BCUT2D eigenvalue weighted by molar-refractivity contribution is 0.0778. The summed E-state index contributed by atoms with van der Waals surface area (Å²) >= 11 is 1.69. The SMILES string of the molecule is Cc1ncsc1CN(C)C[C@@H]1CCN(C(=O)c2ccc(C#N)cn2)C1. The molecule has 2 aromatic rings. The molecule has 0 bridgehead atoms. The van der Waals surface area contributed by atoms with E-state index in [9.17, 15) is 4.79 Å². The highest BCUT2D eigenvalue weighted by molar-refractivity contribution is 7.09. The number of nitriles is 1. The van der Waals surface area contributed by atoms with E-state index in [1.165, 1.54) is 11.1 Å².